The molecule has 0 radical (unpaired) electrons. The van der Waals surface area contributed by atoms with Crippen LogP contribution in [0.1, 0.15) is 36.6 Å². The normalized spacial score (nSPS) is 12.7. The average molecular weight is 322 g/mol. The third-order valence-corrected chi connectivity index (χ3v) is 4.09. The van der Waals surface area contributed by atoms with Gasteiger partial charge in [-0.1, -0.05) is 61.3 Å². The maximum Gasteiger partial charge on any atom is 0.0589 e. The second-order valence-electron chi connectivity index (χ2n) is 5.73. The van der Waals surface area contributed by atoms with Gasteiger partial charge in [0.15, 0.2) is 0 Å². The van der Waals surface area contributed by atoms with Gasteiger partial charge in [0.1, 0.15) is 0 Å². The third-order valence-electron chi connectivity index (χ3n) is 3.51. The van der Waals surface area contributed by atoms with Gasteiger partial charge in [0, 0.05) is 10.0 Å². The maximum absolute atomic E-state index is 6.32. The lowest BCUT2D eigenvalue weighted by molar-refractivity contribution is 0.645. The summed E-state index contributed by atoms with van der Waals surface area (Å²) in [5.41, 5.74) is 3.55. The Bertz CT molecular complexity index is 591. The minimum Gasteiger partial charge on any atom is -0.309 e. The fraction of sp³-hybridized carbons (Fsp3) is 0.333. The molecule has 0 aromatic heterocycles. The predicted octanol–water partition coefficient (Wildman–Crippen LogP) is 5.50. The topological polar surface area (TPSA) is 12.0 Å². The van der Waals surface area contributed by atoms with Crippen LogP contribution in [0.25, 0.3) is 0 Å². The highest BCUT2D eigenvalue weighted by molar-refractivity contribution is 6.33. The number of hydrogen-bond acceptors (Lipinski definition) is 1. The molecule has 21 heavy (non-hydrogen) atoms. The molecule has 0 bridgehead atoms. The van der Waals surface area contributed by atoms with E-state index in [-0.39, 0.29) is 6.04 Å². The molecule has 112 valence electrons. The minimum absolute atomic E-state index is 0.0456. The number of hydrogen-bond donors (Lipinski definition) is 1. The van der Waals surface area contributed by atoms with Crippen LogP contribution in [0.3, 0.4) is 0 Å². The van der Waals surface area contributed by atoms with Gasteiger partial charge in [-0.2, -0.15) is 0 Å². The molecule has 0 aliphatic rings. The van der Waals surface area contributed by atoms with E-state index in [2.05, 4.69) is 43.4 Å². The van der Waals surface area contributed by atoms with E-state index >= 15 is 0 Å². The Morgan fingerprint density at radius 1 is 1.00 bits per heavy atom. The predicted molar refractivity (Wildman–Crippen MR) is 92.3 cm³/mol. The second-order valence-corrected chi connectivity index (χ2v) is 6.57. The molecule has 0 saturated carbocycles. The van der Waals surface area contributed by atoms with Gasteiger partial charge >= 0.3 is 0 Å². The van der Waals surface area contributed by atoms with Crippen molar-refractivity contribution < 1.29 is 0 Å². The van der Waals surface area contributed by atoms with E-state index in [9.17, 15) is 0 Å². The highest BCUT2D eigenvalue weighted by atomic mass is 35.5. The molecule has 3 heteroatoms. The summed E-state index contributed by atoms with van der Waals surface area (Å²) in [5, 5.41) is 4.75. The molecule has 0 heterocycles. The summed E-state index contributed by atoms with van der Waals surface area (Å²) >= 11 is 12.4. The lowest BCUT2D eigenvalue weighted by Gasteiger charge is -2.19. The van der Waals surface area contributed by atoms with Crippen molar-refractivity contribution in [3.63, 3.8) is 0 Å². The molecule has 2 rings (SSSR count). The second kappa shape index (κ2) is 7.31. The van der Waals surface area contributed by atoms with Gasteiger partial charge in [0.2, 0.25) is 0 Å². The molecular weight excluding hydrogens is 301 g/mol. The van der Waals surface area contributed by atoms with Crippen LogP contribution in [0.4, 0.5) is 0 Å². The van der Waals surface area contributed by atoms with Crippen LogP contribution in [0.15, 0.2) is 42.5 Å². The Hall–Kier alpha value is -1.02. The molecule has 0 aliphatic carbocycles. The fourth-order valence-corrected chi connectivity index (χ4v) is 2.96. The molecule has 0 saturated heterocycles. The quantitative estimate of drug-likeness (QED) is 0.766. The first kappa shape index (κ1) is 16.4. The molecule has 1 atom stereocenters. The van der Waals surface area contributed by atoms with Crippen LogP contribution in [-0.2, 0) is 6.42 Å². The van der Waals surface area contributed by atoms with E-state index in [1.54, 1.807) is 0 Å². The SMILES string of the molecule is CNC(c1ccc(CC(C)C)cc1)c1cc(Cl)ccc1Cl. The average Bonchev–Trinajstić information content (AvgIpc) is 2.44. The van der Waals surface area contributed by atoms with E-state index in [0.717, 1.165) is 17.0 Å². The Morgan fingerprint density at radius 2 is 1.67 bits per heavy atom. The first-order valence-electron chi connectivity index (χ1n) is 7.22. The van der Waals surface area contributed by atoms with Crippen LogP contribution in [0, 0.1) is 5.92 Å². The Labute approximate surface area is 137 Å². The fourth-order valence-electron chi connectivity index (χ4n) is 2.56. The summed E-state index contributed by atoms with van der Waals surface area (Å²) < 4.78 is 0. The molecule has 0 fully saturated rings. The number of halogens is 2. The maximum atomic E-state index is 6.32. The Balaban J connectivity index is 2.31. The van der Waals surface area contributed by atoms with Gasteiger partial charge in [-0.05, 0) is 54.3 Å². The standard InChI is InChI=1S/C18H21Cl2N/c1-12(2)10-13-4-6-14(7-5-13)18(21-3)16-11-15(19)8-9-17(16)20/h4-9,11-12,18,21H,10H2,1-3H3. The van der Waals surface area contributed by atoms with Crippen LogP contribution < -0.4 is 5.32 Å². The zero-order valence-corrected chi connectivity index (χ0v) is 14.2. The monoisotopic (exact) mass is 321 g/mol. The Kier molecular flexibility index (Phi) is 5.69. The van der Waals surface area contributed by atoms with Crippen molar-refractivity contribution in [2.75, 3.05) is 7.05 Å². The largest absolute Gasteiger partial charge is 0.309 e. The summed E-state index contributed by atoms with van der Waals surface area (Å²) in [6.07, 6.45) is 1.10. The smallest absolute Gasteiger partial charge is 0.0589 e. The van der Waals surface area contributed by atoms with E-state index < -0.39 is 0 Å². The highest BCUT2D eigenvalue weighted by Gasteiger charge is 2.15. The molecule has 1 N–H and O–H groups in total. The molecule has 0 aliphatic heterocycles. The summed E-state index contributed by atoms with van der Waals surface area (Å²) in [5.74, 6) is 0.665. The van der Waals surface area contributed by atoms with E-state index in [1.807, 2.05) is 25.2 Å². The van der Waals surface area contributed by atoms with Gasteiger partial charge in [-0.15, -0.1) is 0 Å². The van der Waals surface area contributed by atoms with Gasteiger partial charge in [-0.25, -0.2) is 0 Å². The van der Waals surface area contributed by atoms with Gasteiger partial charge in [0.05, 0.1) is 6.04 Å². The molecule has 0 spiro atoms. The number of nitrogens with one attached hydrogen (secondary N) is 1. The van der Waals surface area contributed by atoms with E-state index in [0.29, 0.717) is 10.9 Å². The highest BCUT2D eigenvalue weighted by Crippen LogP contribution is 2.30. The molecule has 0 amide bonds. The zero-order valence-electron chi connectivity index (χ0n) is 12.7. The molecule has 2 aromatic rings. The van der Waals surface area contributed by atoms with Crippen molar-refractivity contribution in [3.8, 4) is 0 Å². The summed E-state index contributed by atoms with van der Waals surface area (Å²) in [7, 11) is 1.93. The third kappa shape index (κ3) is 4.23. The Morgan fingerprint density at radius 3 is 2.24 bits per heavy atom. The van der Waals surface area contributed by atoms with Crippen LogP contribution >= 0.6 is 23.2 Å². The first-order valence-corrected chi connectivity index (χ1v) is 7.98. The molecular formula is C18H21Cl2N. The first-order chi connectivity index (χ1) is 10.0. The van der Waals surface area contributed by atoms with Crippen molar-refractivity contribution in [3.05, 3.63) is 69.2 Å². The van der Waals surface area contributed by atoms with Crippen molar-refractivity contribution >= 4 is 23.2 Å². The lowest BCUT2D eigenvalue weighted by Crippen LogP contribution is -2.18. The molecule has 2 aromatic carbocycles. The van der Waals surface area contributed by atoms with E-state index in [4.69, 9.17) is 23.2 Å². The van der Waals surface area contributed by atoms with Crippen molar-refractivity contribution in [2.24, 2.45) is 5.92 Å². The molecule has 1 unspecified atom stereocenters. The number of benzene rings is 2. The number of rotatable bonds is 5. The van der Waals surface area contributed by atoms with Gasteiger partial charge < -0.3 is 5.32 Å². The van der Waals surface area contributed by atoms with Crippen molar-refractivity contribution in [2.45, 2.75) is 26.3 Å². The summed E-state index contributed by atoms with van der Waals surface area (Å²) in [4.78, 5) is 0. The summed E-state index contributed by atoms with van der Waals surface area (Å²) in [6, 6.07) is 14.3. The van der Waals surface area contributed by atoms with Crippen LogP contribution in [-0.4, -0.2) is 7.05 Å². The van der Waals surface area contributed by atoms with Crippen molar-refractivity contribution in [1.82, 2.24) is 5.32 Å². The summed E-state index contributed by atoms with van der Waals surface area (Å²) in [6.45, 7) is 4.46. The van der Waals surface area contributed by atoms with Crippen LogP contribution in [0.2, 0.25) is 10.0 Å². The van der Waals surface area contributed by atoms with Gasteiger partial charge in [0.25, 0.3) is 0 Å². The van der Waals surface area contributed by atoms with E-state index in [1.165, 1.54) is 11.1 Å². The minimum atomic E-state index is 0.0456. The van der Waals surface area contributed by atoms with Gasteiger partial charge in [-0.3, -0.25) is 0 Å². The lowest BCUT2D eigenvalue weighted by atomic mass is 9.96. The van der Waals surface area contributed by atoms with Crippen molar-refractivity contribution in [1.29, 1.82) is 0 Å². The molecule has 1 nitrogen and oxygen atoms in total. The van der Waals surface area contributed by atoms with Crippen LogP contribution in [0.5, 0.6) is 0 Å². The zero-order chi connectivity index (χ0) is 15.4.